The van der Waals surface area contributed by atoms with Gasteiger partial charge in [-0.3, -0.25) is 0 Å². The fourth-order valence-electron chi connectivity index (χ4n) is 1.23. The number of fused-ring (bicyclic) bond motifs is 1. The van der Waals surface area contributed by atoms with E-state index in [-0.39, 0.29) is 6.01 Å². The monoisotopic (exact) mass is 224 g/mol. The van der Waals surface area contributed by atoms with Crippen LogP contribution in [0.1, 0.15) is 0 Å². The van der Waals surface area contributed by atoms with Gasteiger partial charge in [-0.1, -0.05) is 0 Å². The van der Waals surface area contributed by atoms with Gasteiger partial charge in [0.1, 0.15) is 5.52 Å². The molecule has 0 aliphatic carbocycles. The standard InChI is InChI=1S/C7H8N6O3/c1-12(2)6-4-5(9-3-8-4)10-7(11-6)16-13(14)15/h3H,1-2H3,(H,8,9,10,11). The summed E-state index contributed by atoms with van der Waals surface area (Å²) in [5, 5.41) is 9.22. The van der Waals surface area contributed by atoms with E-state index in [2.05, 4.69) is 24.8 Å². The Morgan fingerprint density at radius 3 is 2.88 bits per heavy atom. The first-order chi connectivity index (χ1) is 7.58. The molecule has 0 amide bonds. The van der Waals surface area contributed by atoms with Crippen LogP contribution in [0.15, 0.2) is 6.33 Å². The number of hydrogen-bond donors (Lipinski definition) is 1. The molecule has 0 aliphatic rings. The number of rotatable bonds is 3. The molecule has 0 spiro atoms. The summed E-state index contributed by atoms with van der Waals surface area (Å²) in [6.45, 7) is 0. The number of H-pyrrole nitrogens is 1. The van der Waals surface area contributed by atoms with Gasteiger partial charge < -0.3 is 9.88 Å². The lowest BCUT2D eigenvalue weighted by molar-refractivity contribution is -0.713. The summed E-state index contributed by atoms with van der Waals surface area (Å²) in [5.41, 5.74) is 0.913. The summed E-state index contributed by atoms with van der Waals surface area (Å²) in [4.78, 5) is 30.5. The second-order valence-corrected chi connectivity index (χ2v) is 3.14. The molecular formula is C7H8N6O3. The van der Waals surface area contributed by atoms with Crippen molar-refractivity contribution in [2.24, 2.45) is 0 Å². The third-order valence-corrected chi connectivity index (χ3v) is 1.83. The average Bonchev–Trinajstić information content (AvgIpc) is 2.62. The minimum Gasteiger partial charge on any atom is -0.361 e. The van der Waals surface area contributed by atoms with E-state index in [9.17, 15) is 10.1 Å². The normalized spacial score (nSPS) is 10.4. The molecule has 2 heterocycles. The largest absolute Gasteiger partial charge is 0.361 e. The Labute approximate surface area is 89.2 Å². The molecule has 0 atom stereocenters. The molecule has 2 rings (SSSR count). The Kier molecular flexibility index (Phi) is 2.27. The van der Waals surface area contributed by atoms with Crippen molar-refractivity contribution >= 4 is 17.0 Å². The number of nitrogens with one attached hydrogen (secondary N) is 1. The molecule has 2 aromatic rings. The van der Waals surface area contributed by atoms with Crippen LogP contribution in [0.3, 0.4) is 0 Å². The summed E-state index contributed by atoms with van der Waals surface area (Å²) in [6, 6.07) is -0.340. The fourth-order valence-corrected chi connectivity index (χ4v) is 1.23. The van der Waals surface area contributed by atoms with Crippen LogP contribution in [-0.4, -0.2) is 39.1 Å². The van der Waals surface area contributed by atoms with Gasteiger partial charge in [-0.2, -0.15) is 9.97 Å². The van der Waals surface area contributed by atoms with Crippen LogP contribution in [0.25, 0.3) is 11.2 Å². The van der Waals surface area contributed by atoms with Gasteiger partial charge in [0.15, 0.2) is 11.5 Å². The van der Waals surface area contributed by atoms with Crippen LogP contribution >= 0.6 is 0 Å². The molecule has 0 saturated heterocycles. The second kappa shape index (κ2) is 3.61. The maximum Gasteiger partial charge on any atom is 0.313 e. The number of anilines is 1. The molecule has 0 bridgehead atoms. The van der Waals surface area contributed by atoms with E-state index in [1.807, 2.05) is 0 Å². The van der Waals surface area contributed by atoms with Crippen molar-refractivity contribution in [3.05, 3.63) is 16.4 Å². The third kappa shape index (κ3) is 1.69. The summed E-state index contributed by atoms with van der Waals surface area (Å²) < 4.78 is 0. The minimum atomic E-state index is -0.965. The molecule has 84 valence electrons. The van der Waals surface area contributed by atoms with E-state index in [0.717, 1.165) is 0 Å². The van der Waals surface area contributed by atoms with Gasteiger partial charge >= 0.3 is 11.1 Å². The van der Waals surface area contributed by atoms with Gasteiger partial charge in [-0.15, -0.1) is 10.1 Å². The van der Waals surface area contributed by atoms with Crippen molar-refractivity contribution < 1.29 is 9.92 Å². The topological polar surface area (TPSA) is 110 Å². The van der Waals surface area contributed by atoms with Crippen LogP contribution in [0.4, 0.5) is 5.82 Å². The molecule has 0 radical (unpaired) electrons. The Hall–Kier alpha value is -2.45. The molecule has 0 saturated carbocycles. The summed E-state index contributed by atoms with van der Waals surface area (Å²) in [6.07, 6.45) is 1.43. The Morgan fingerprint density at radius 1 is 1.50 bits per heavy atom. The Morgan fingerprint density at radius 2 is 2.25 bits per heavy atom. The van der Waals surface area contributed by atoms with E-state index in [0.29, 0.717) is 17.0 Å². The van der Waals surface area contributed by atoms with Crippen molar-refractivity contribution in [3.63, 3.8) is 0 Å². The van der Waals surface area contributed by atoms with E-state index >= 15 is 0 Å². The first kappa shape index (κ1) is 10.1. The van der Waals surface area contributed by atoms with Gasteiger partial charge in [0.25, 0.3) is 0 Å². The first-order valence-electron chi connectivity index (χ1n) is 4.28. The molecule has 2 aromatic heterocycles. The quantitative estimate of drug-likeness (QED) is 0.576. The smallest absolute Gasteiger partial charge is 0.313 e. The molecular weight excluding hydrogens is 216 g/mol. The van der Waals surface area contributed by atoms with Gasteiger partial charge in [0.2, 0.25) is 0 Å². The highest BCUT2D eigenvalue weighted by atomic mass is 17.0. The van der Waals surface area contributed by atoms with Crippen LogP contribution in [0, 0.1) is 10.1 Å². The van der Waals surface area contributed by atoms with E-state index in [1.54, 1.807) is 19.0 Å². The number of imidazole rings is 1. The minimum absolute atomic E-state index is 0.315. The molecule has 0 fully saturated rings. The fraction of sp³-hybridized carbons (Fsp3) is 0.286. The molecule has 1 N–H and O–H groups in total. The second-order valence-electron chi connectivity index (χ2n) is 3.14. The molecule has 0 aromatic carbocycles. The highest BCUT2D eigenvalue weighted by Crippen LogP contribution is 2.21. The van der Waals surface area contributed by atoms with Gasteiger partial charge in [0, 0.05) is 14.1 Å². The number of aromatic amines is 1. The summed E-state index contributed by atoms with van der Waals surface area (Å²) in [7, 11) is 3.50. The third-order valence-electron chi connectivity index (χ3n) is 1.83. The Bertz CT molecular complexity index is 536. The van der Waals surface area contributed by atoms with Crippen molar-refractivity contribution in [1.29, 1.82) is 0 Å². The van der Waals surface area contributed by atoms with Crippen molar-refractivity contribution in [2.45, 2.75) is 0 Å². The first-order valence-corrected chi connectivity index (χ1v) is 4.28. The van der Waals surface area contributed by atoms with Crippen LogP contribution in [0.2, 0.25) is 0 Å². The SMILES string of the molecule is CN(C)c1nc(O[N+](=O)[O-])nc2nc[nH]c12. The predicted octanol–water partition coefficient (Wildman–Crippen LogP) is -0.0106. The van der Waals surface area contributed by atoms with Crippen LogP contribution in [0.5, 0.6) is 6.01 Å². The van der Waals surface area contributed by atoms with Crippen molar-refractivity contribution in [3.8, 4) is 6.01 Å². The average molecular weight is 224 g/mol. The van der Waals surface area contributed by atoms with Crippen LogP contribution in [-0.2, 0) is 0 Å². The van der Waals surface area contributed by atoms with Crippen LogP contribution < -0.4 is 9.74 Å². The maximum absolute atomic E-state index is 10.2. The number of nitrogens with zero attached hydrogens (tertiary/aromatic N) is 5. The molecule has 9 nitrogen and oxygen atoms in total. The van der Waals surface area contributed by atoms with Gasteiger partial charge in [0.05, 0.1) is 6.33 Å². The van der Waals surface area contributed by atoms with E-state index in [4.69, 9.17) is 0 Å². The maximum atomic E-state index is 10.2. The Balaban J connectivity index is 2.57. The molecule has 0 unspecified atom stereocenters. The molecule has 9 heteroatoms. The highest BCUT2D eigenvalue weighted by molar-refractivity contribution is 5.83. The lowest BCUT2D eigenvalue weighted by Crippen LogP contribution is -2.14. The zero-order chi connectivity index (χ0) is 11.7. The van der Waals surface area contributed by atoms with Gasteiger partial charge in [-0.25, -0.2) is 9.82 Å². The van der Waals surface area contributed by atoms with Crippen molar-refractivity contribution in [1.82, 2.24) is 19.9 Å². The lowest BCUT2D eigenvalue weighted by Gasteiger charge is -2.11. The summed E-state index contributed by atoms with van der Waals surface area (Å²) in [5.74, 6) is 0.472. The lowest BCUT2D eigenvalue weighted by atomic mass is 10.5. The van der Waals surface area contributed by atoms with Gasteiger partial charge in [-0.05, 0) is 0 Å². The van der Waals surface area contributed by atoms with E-state index in [1.165, 1.54) is 6.33 Å². The number of aromatic nitrogens is 4. The summed E-state index contributed by atoms with van der Waals surface area (Å²) >= 11 is 0. The molecule has 0 aliphatic heterocycles. The van der Waals surface area contributed by atoms with E-state index < -0.39 is 5.09 Å². The number of hydrogen-bond acceptors (Lipinski definition) is 7. The predicted molar refractivity (Wildman–Crippen MR) is 53.6 cm³/mol. The van der Waals surface area contributed by atoms with Crippen molar-refractivity contribution in [2.75, 3.05) is 19.0 Å². The highest BCUT2D eigenvalue weighted by Gasteiger charge is 2.13. The zero-order valence-corrected chi connectivity index (χ0v) is 8.54. The molecule has 16 heavy (non-hydrogen) atoms. The zero-order valence-electron chi connectivity index (χ0n) is 8.54.